The first-order chi connectivity index (χ1) is 32.1. The number of carbonyl (C=O) groups is 5. The van der Waals surface area contributed by atoms with Gasteiger partial charge in [-0.2, -0.15) is 0 Å². The lowest BCUT2D eigenvalue weighted by molar-refractivity contribution is -0.222. The smallest absolute Gasteiger partial charge is 0.419 e. The number of carboxylic acid groups (broad SMARTS) is 1. The van der Waals surface area contributed by atoms with Crippen LogP contribution >= 0.6 is 0 Å². The van der Waals surface area contributed by atoms with E-state index in [1.807, 2.05) is 55.5 Å². The quantitative estimate of drug-likeness (QED) is 0.0313. The fourth-order valence-electron chi connectivity index (χ4n) is 7.50. The maximum Gasteiger partial charge on any atom is 0.419 e. The number of carboxylic acids is 1. The number of carbonyl (C=O) groups excluding carboxylic acids is 4. The normalized spacial score (nSPS) is 17.6. The van der Waals surface area contributed by atoms with Gasteiger partial charge in [0.05, 0.1) is 32.5 Å². The summed E-state index contributed by atoms with van der Waals surface area (Å²) < 4.78 is 36.8. The first-order valence-corrected chi connectivity index (χ1v) is 26.0. The summed E-state index contributed by atoms with van der Waals surface area (Å²) in [6.07, 6.45) is -4.67. The molecule has 15 nitrogen and oxygen atoms in total. The Labute approximate surface area is 393 Å². The number of benzene rings is 4. The molecule has 0 bridgehead atoms. The number of aliphatic carboxylic acids is 1. The number of imide groups is 1. The highest BCUT2D eigenvalue weighted by Gasteiger charge is 2.57. The van der Waals surface area contributed by atoms with E-state index in [1.54, 1.807) is 72.8 Å². The zero-order valence-electron chi connectivity index (χ0n) is 38.9. The van der Waals surface area contributed by atoms with E-state index < -0.39 is 80.6 Å². The molecule has 16 heteroatoms. The van der Waals surface area contributed by atoms with Gasteiger partial charge < -0.3 is 38.8 Å². The van der Waals surface area contributed by atoms with E-state index in [1.165, 1.54) is 17.9 Å². The minimum atomic E-state index is -2.23. The molecular formula is C51H63N3O12Si. The highest BCUT2D eigenvalue weighted by molar-refractivity contribution is 6.76. The zero-order valence-corrected chi connectivity index (χ0v) is 39.9. The van der Waals surface area contributed by atoms with E-state index in [0.29, 0.717) is 22.7 Å². The zero-order chi connectivity index (χ0) is 48.4. The summed E-state index contributed by atoms with van der Waals surface area (Å²) in [4.78, 5) is 73.4. The van der Waals surface area contributed by atoms with Crippen molar-refractivity contribution in [1.29, 1.82) is 0 Å². The van der Waals surface area contributed by atoms with E-state index in [2.05, 4.69) is 31.5 Å². The molecule has 2 N–H and O–H groups in total. The summed E-state index contributed by atoms with van der Waals surface area (Å²) in [5.41, 5.74) is 0.558. The van der Waals surface area contributed by atoms with E-state index in [9.17, 15) is 19.5 Å². The second kappa shape index (κ2) is 25.0. The minimum Gasteiger partial charge on any atom is -0.480 e. The van der Waals surface area contributed by atoms with E-state index >= 15 is 9.59 Å². The molecular weight excluding hydrogens is 875 g/mol. The molecule has 4 aromatic rings. The predicted octanol–water partition coefficient (Wildman–Crippen LogP) is 8.81. The number of nitrogens with zero attached hydrogens (tertiary/aromatic N) is 2. The van der Waals surface area contributed by atoms with Crippen molar-refractivity contribution in [3.05, 3.63) is 156 Å². The van der Waals surface area contributed by atoms with Gasteiger partial charge in [-0.3, -0.25) is 9.69 Å². The highest BCUT2D eigenvalue weighted by Crippen LogP contribution is 2.36. The lowest BCUT2D eigenvalue weighted by Crippen LogP contribution is -2.66. The fourth-order valence-corrected chi connectivity index (χ4v) is 8.22. The SMILES string of the molecule is C=CCOC(=O)N1CC(C)C(OCc2ccccc2)C1C(=O)N(C(=O)OCC[Si](C)(C)C)C(C)(OCc1ccccc1)C(CC(NC(=O)OCc1ccccc1)C(=O)O)OCc1ccccc1. The topological polar surface area (TPSA) is 179 Å². The molecule has 67 heavy (non-hydrogen) atoms. The molecule has 0 radical (unpaired) electrons. The van der Waals surface area contributed by atoms with Gasteiger partial charge in [0.2, 0.25) is 0 Å². The van der Waals surface area contributed by atoms with E-state index in [4.69, 9.17) is 28.4 Å². The van der Waals surface area contributed by atoms with Gasteiger partial charge in [-0.15, -0.1) is 0 Å². The van der Waals surface area contributed by atoms with Crippen LogP contribution < -0.4 is 5.32 Å². The highest BCUT2D eigenvalue weighted by atomic mass is 28.3. The molecule has 1 heterocycles. The van der Waals surface area contributed by atoms with Crippen molar-refractivity contribution >= 4 is 38.2 Å². The Bertz CT molecular complexity index is 2210. The second-order valence-corrected chi connectivity index (χ2v) is 23.4. The van der Waals surface area contributed by atoms with Crippen LogP contribution in [0.25, 0.3) is 0 Å². The van der Waals surface area contributed by atoms with Crippen molar-refractivity contribution in [2.24, 2.45) is 5.92 Å². The van der Waals surface area contributed by atoms with Gasteiger partial charge in [-0.1, -0.05) is 161 Å². The summed E-state index contributed by atoms with van der Waals surface area (Å²) in [6.45, 7) is 12.6. The van der Waals surface area contributed by atoms with Gasteiger partial charge >= 0.3 is 24.2 Å². The second-order valence-electron chi connectivity index (χ2n) is 17.7. The monoisotopic (exact) mass is 937 g/mol. The van der Waals surface area contributed by atoms with Crippen LogP contribution in [0.4, 0.5) is 14.4 Å². The van der Waals surface area contributed by atoms with Gasteiger partial charge in [0.1, 0.15) is 31.4 Å². The first kappa shape index (κ1) is 51.6. The summed E-state index contributed by atoms with van der Waals surface area (Å²) in [5.74, 6) is -2.87. The van der Waals surface area contributed by atoms with Crippen molar-refractivity contribution < 1.29 is 57.5 Å². The standard InChI is InChI=1S/C51H63N3O12Si/c1-7-28-61-49(59)53-32-37(2)45(64-34-39-22-14-9-15-23-39)44(53)46(55)54(50(60)62-29-30-67(4,5)6)51(3,66-36-41-26-18-11-19-27-41)43(63-33-38-20-12-8-13-21-38)31-42(47(56)57)52-48(58)65-35-40-24-16-10-17-25-40/h7-27,37,42-45H,1,28-36H2,2-6H3,(H,52,58)(H,56,57). The molecule has 4 aromatic carbocycles. The van der Waals surface area contributed by atoms with Crippen LogP contribution in [0.15, 0.2) is 134 Å². The lowest BCUT2D eigenvalue weighted by atomic mass is 9.96. The molecule has 358 valence electrons. The van der Waals surface area contributed by atoms with Crippen LogP contribution in [0.5, 0.6) is 0 Å². The third kappa shape index (κ3) is 15.4. The summed E-state index contributed by atoms with van der Waals surface area (Å²) in [7, 11) is -1.82. The molecule has 0 saturated carbocycles. The van der Waals surface area contributed by atoms with Crippen molar-refractivity contribution in [1.82, 2.24) is 15.1 Å². The third-order valence-electron chi connectivity index (χ3n) is 11.2. The van der Waals surface area contributed by atoms with E-state index in [-0.39, 0.29) is 46.2 Å². The number of ether oxygens (including phenoxy) is 6. The largest absolute Gasteiger partial charge is 0.480 e. The maximum absolute atomic E-state index is 15.9. The number of hydrogen-bond donors (Lipinski definition) is 2. The summed E-state index contributed by atoms with van der Waals surface area (Å²) in [5, 5.41) is 13.1. The Hall–Kier alpha value is -6.33. The number of likely N-dealkylation sites (tertiary alicyclic amines) is 1. The number of hydrogen-bond acceptors (Lipinski definition) is 11. The first-order valence-electron chi connectivity index (χ1n) is 22.3. The number of amides is 4. The van der Waals surface area contributed by atoms with E-state index in [0.717, 1.165) is 10.5 Å². The van der Waals surface area contributed by atoms with Crippen molar-refractivity contribution in [2.75, 3.05) is 19.8 Å². The molecule has 5 rings (SSSR count). The van der Waals surface area contributed by atoms with Crippen LogP contribution in [0.2, 0.25) is 25.7 Å². The molecule has 6 unspecified atom stereocenters. The van der Waals surface area contributed by atoms with Crippen molar-refractivity contribution in [3.63, 3.8) is 0 Å². The molecule has 0 aliphatic carbocycles. The number of nitrogens with one attached hydrogen (secondary N) is 1. The molecule has 1 saturated heterocycles. The minimum absolute atomic E-state index is 0.00990. The number of alkyl carbamates (subject to hydrolysis) is 1. The lowest BCUT2D eigenvalue weighted by Gasteiger charge is -2.46. The van der Waals surface area contributed by atoms with Gasteiger partial charge in [0, 0.05) is 27.0 Å². The Morgan fingerprint density at radius 3 is 1.84 bits per heavy atom. The number of rotatable bonds is 23. The van der Waals surface area contributed by atoms with Crippen molar-refractivity contribution in [3.8, 4) is 0 Å². The van der Waals surface area contributed by atoms with Crippen LogP contribution in [0.1, 0.15) is 42.5 Å². The van der Waals surface area contributed by atoms with Gasteiger partial charge in [0.25, 0.3) is 5.91 Å². The predicted molar refractivity (Wildman–Crippen MR) is 253 cm³/mol. The molecule has 1 aliphatic rings. The average molecular weight is 938 g/mol. The van der Waals surface area contributed by atoms with Crippen LogP contribution in [-0.4, -0.2) is 103 Å². The third-order valence-corrected chi connectivity index (χ3v) is 12.9. The molecule has 0 aromatic heterocycles. The molecule has 0 spiro atoms. The van der Waals surface area contributed by atoms with Crippen LogP contribution in [0, 0.1) is 5.92 Å². The Morgan fingerprint density at radius 2 is 1.31 bits per heavy atom. The Morgan fingerprint density at radius 1 is 0.791 bits per heavy atom. The Balaban J connectivity index is 1.65. The van der Waals surface area contributed by atoms with Gasteiger partial charge in [-0.05, 0) is 35.2 Å². The summed E-state index contributed by atoms with van der Waals surface area (Å²) >= 11 is 0. The van der Waals surface area contributed by atoms with Gasteiger partial charge in [0.15, 0.2) is 5.72 Å². The molecule has 6 atom stereocenters. The Kier molecular flexibility index (Phi) is 19.3. The van der Waals surface area contributed by atoms with Crippen LogP contribution in [0.3, 0.4) is 0 Å². The van der Waals surface area contributed by atoms with Crippen molar-refractivity contribution in [2.45, 2.75) is 102 Å². The van der Waals surface area contributed by atoms with Gasteiger partial charge in [-0.25, -0.2) is 24.1 Å². The fraction of sp³-hybridized carbons (Fsp3) is 0.392. The molecule has 4 amide bonds. The van der Waals surface area contributed by atoms with Crippen LogP contribution in [-0.2, 0) is 64.4 Å². The molecule has 1 fully saturated rings. The summed E-state index contributed by atoms with van der Waals surface area (Å²) in [6, 6.07) is 33.5. The molecule has 1 aliphatic heterocycles. The maximum atomic E-state index is 15.9. The average Bonchev–Trinajstić information content (AvgIpc) is 3.66.